The molecule has 164 valence electrons. The van der Waals surface area contributed by atoms with Crippen molar-refractivity contribution >= 4 is 23.0 Å². The number of benzene rings is 1. The Labute approximate surface area is 186 Å². The van der Waals surface area contributed by atoms with Crippen LogP contribution in [0.1, 0.15) is 48.8 Å². The minimum atomic E-state index is 0.430. The van der Waals surface area contributed by atoms with Gasteiger partial charge in [-0.15, -0.1) is 0 Å². The molecule has 1 aromatic carbocycles. The van der Waals surface area contributed by atoms with Crippen molar-refractivity contribution in [1.29, 1.82) is 0 Å². The highest BCUT2D eigenvalue weighted by Crippen LogP contribution is 2.28. The van der Waals surface area contributed by atoms with Gasteiger partial charge in [0, 0.05) is 31.9 Å². The molecule has 0 bridgehead atoms. The first-order valence-corrected chi connectivity index (χ1v) is 11.4. The fraction of sp³-hybridized carbons (Fsp3) is 0.542. The van der Waals surface area contributed by atoms with Gasteiger partial charge in [-0.2, -0.15) is 0 Å². The highest BCUT2D eigenvalue weighted by Gasteiger charge is 2.17. The molecule has 5 nitrogen and oxygen atoms in total. The van der Waals surface area contributed by atoms with E-state index in [-0.39, 0.29) is 0 Å². The van der Waals surface area contributed by atoms with Crippen molar-refractivity contribution in [3.05, 3.63) is 53.0 Å². The van der Waals surface area contributed by atoms with Crippen LogP contribution >= 0.6 is 12.2 Å². The first-order chi connectivity index (χ1) is 14.4. The van der Waals surface area contributed by atoms with E-state index < -0.39 is 0 Å². The lowest BCUT2D eigenvalue weighted by Crippen LogP contribution is -2.40. The summed E-state index contributed by atoms with van der Waals surface area (Å²) >= 11 is 5.86. The number of aryl methyl sites for hydroxylation is 2. The molecule has 3 rings (SSSR count). The molecular formula is C24H35N3O2S. The van der Waals surface area contributed by atoms with Crippen molar-refractivity contribution in [3.8, 4) is 0 Å². The number of rotatable bonds is 8. The fourth-order valence-corrected chi connectivity index (χ4v) is 4.34. The smallest absolute Gasteiger partial charge is 0.173 e. The van der Waals surface area contributed by atoms with E-state index in [9.17, 15) is 0 Å². The molecule has 1 saturated heterocycles. The summed E-state index contributed by atoms with van der Waals surface area (Å²) in [5.41, 5.74) is 3.71. The molecule has 1 aliphatic heterocycles. The summed E-state index contributed by atoms with van der Waals surface area (Å²) in [7, 11) is 0. The maximum atomic E-state index is 5.86. The SMILES string of the molecule is Cc1ccc(CN(CCCN2CCOCC2)C(=S)Nc2cccc(C)c2C(C)C)o1. The van der Waals surface area contributed by atoms with Crippen molar-refractivity contribution < 1.29 is 9.15 Å². The van der Waals surface area contributed by atoms with Crippen LogP contribution in [0.3, 0.4) is 0 Å². The molecule has 0 saturated carbocycles. The van der Waals surface area contributed by atoms with Gasteiger partial charge in [0.1, 0.15) is 11.5 Å². The molecule has 0 unspecified atom stereocenters. The number of furan rings is 1. The monoisotopic (exact) mass is 429 g/mol. The lowest BCUT2D eigenvalue weighted by Gasteiger charge is -2.29. The van der Waals surface area contributed by atoms with Crippen LogP contribution in [-0.4, -0.2) is 54.3 Å². The number of hydrogen-bond donors (Lipinski definition) is 1. The third-order valence-corrected chi connectivity index (χ3v) is 5.94. The van der Waals surface area contributed by atoms with Crippen LogP contribution < -0.4 is 5.32 Å². The number of thiocarbonyl (C=S) groups is 1. The predicted molar refractivity (Wildman–Crippen MR) is 127 cm³/mol. The summed E-state index contributed by atoms with van der Waals surface area (Å²) < 4.78 is 11.3. The summed E-state index contributed by atoms with van der Waals surface area (Å²) in [5.74, 6) is 2.30. The molecule has 0 radical (unpaired) electrons. The van der Waals surface area contributed by atoms with E-state index in [0.717, 1.165) is 68.1 Å². The average Bonchev–Trinajstić information content (AvgIpc) is 3.12. The zero-order valence-electron chi connectivity index (χ0n) is 18.7. The Balaban J connectivity index is 1.68. The van der Waals surface area contributed by atoms with E-state index in [2.05, 4.69) is 54.1 Å². The average molecular weight is 430 g/mol. The standard InChI is InChI=1S/C24H35N3O2S/c1-18(2)23-19(3)7-5-8-22(23)25-24(30)27(17-21-10-9-20(4)29-21)12-6-11-26-13-15-28-16-14-26/h5,7-10,18H,6,11-17H2,1-4H3,(H,25,30). The van der Waals surface area contributed by atoms with Gasteiger partial charge in [-0.25, -0.2) is 0 Å². The van der Waals surface area contributed by atoms with Crippen molar-refractivity contribution in [1.82, 2.24) is 9.80 Å². The maximum absolute atomic E-state index is 5.86. The molecule has 1 aliphatic rings. The van der Waals surface area contributed by atoms with Crippen LogP contribution in [0, 0.1) is 13.8 Å². The molecule has 2 aromatic rings. The molecule has 1 aromatic heterocycles. The number of ether oxygens (including phenoxy) is 1. The number of morpholine rings is 1. The normalized spacial score (nSPS) is 14.8. The number of nitrogens with one attached hydrogen (secondary N) is 1. The van der Waals surface area contributed by atoms with E-state index in [1.807, 2.05) is 19.1 Å². The minimum absolute atomic E-state index is 0.430. The third kappa shape index (κ3) is 6.30. The Morgan fingerprint density at radius 3 is 2.60 bits per heavy atom. The summed E-state index contributed by atoms with van der Waals surface area (Å²) in [6, 6.07) is 10.4. The second kappa shape index (κ2) is 10.9. The second-order valence-electron chi connectivity index (χ2n) is 8.36. The van der Waals surface area contributed by atoms with Crippen LogP contribution in [0.25, 0.3) is 0 Å². The number of nitrogens with zero attached hydrogens (tertiary/aromatic N) is 2. The van der Waals surface area contributed by atoms with E-state index in [1.54, 1.807) is 0 Å². The van der Waals surface area contributed by atoms with Crippen LogP contribution in [0.5, 0.6) is 0 Å². The Bertz CT molecular complexity index is 828. The van der Waals surface area contributed by atoms with E-state index in [1.165, 1.54) is 11.1 Å². The van der Waals surface area contributed by atoms with Crippen molar-refractivity contribution in [2.45, 2.75) is 46.6 Å². The molecule has 30 heavy (non-hydrogen) atoms. The van der Waals surface area contributed by atoms with Crippen LogP contribution in [-0.2, 0) is 11.3 Å². The molecule has 1 N–H and O–H groups in total. The second-order valence-corrected chi connectivity index (χ2v) is 8.75. The Kier molecular flexibility index (Phi) is 8.31. The first-order valence-electron chi connectivity index (χ1n) is 10.9. The van der Waals surface area contributed by atoms with Gasteiger partial charge in [0.25, 0.3) is 0 Å². The summed E-state index contributed by atoms with van der Waals surface area (Å²) in [6.07, 6.45) is 1.05. The van der Waals surface area contributed by atoms with Gasteiger partial charge in [0.15, 0.2) is 5.11 Å². The van der Waals surface area contributed by atoms with Crippen molar-refractivity contribution in [2.75, 3.05) is 44.7 Å². The molecule has 0 aliphatic carbocycles. The first kappa shape index (κ1) is 22.8. The van der Waals surface area contributed by atoms with Crippen molar-refractivity contribution in [3.63, 3.8) is 0 Å². The zero-order valence-corrected chi connectivity index (χ0v) is 19.6. The molecule has 1 fully saturated rings. The number of hydrogen-bond acceptors (Lipinski definition) is 4. The quantitative estimate of drug-likeness (QED) is 0.600. The molecular weight excluding hydrogens is 394 g/mol. The van der Waals surface area contributed by atoms with Gasteiger partial charge >= 0.3 is 0 Å². The molecule has 0 amide bonds. The highest BCUT2D eigenvalue weighted by atomic mass is 32.1. The topological polar surface area (TPSA) is 40.9 Å². The van der Waals surface area contributed by atoms with E-state index >= 15 is 0 Å². The summed E-state index contributed by atoms with van der Waals surface area (Å²) in [6.45, 7) is 14.9. The highest BCUT2D eigenvalue weighted by molar-refractivity contribution is 7.80. The lowest BCUT2D eigenvalue weighted by molar-refractivity contribution is 0.0367. The fourth-order valence-electron chi connectivity index (χ4n) is 4.07. The van der Waals surface area contributed by atoms with Gasteiger partial charge in [-0.1, -0.05) is 26.0 Å². The predicted octanol–water partition coefficient (Wildman–Crippen LogP) is 4.94. The van der Waals surface area contributed by atoms with Gasteiger partial charge in [-0.05, 0) is 67.7 Å². The third-order valence-electron chi connectivity index (χ3n) is 5.58. The molecule has 0 atom stereocenters. The zero-order chi connectivity index (χ0) is 21.5. The Morgan fingerprint density at radius 2 is 1.93 bits per heavy atom. The Hall–Kier alpha value is -1.89. The van der Waals surface area contributed by atoms with Gasteiger partial charge < -0.3 is 19.4 Å². The van der Waals surface area contributed by atoms with Crippen molar-refractivity contribution in [2.24, 2.45) is 0 Å². The maximum Gasteiger partial charge on any atom is 0.173 e. The van der Waals surface area contributed by atoms with E-state index in [0.29, 0.717) is 12.5 Å². The van der Waals surface area contributed by atoms with E-state index in [4.69, 9.17) is 21.4 Å². The van der Waals surface area contributed by atoms with Gasteiger partial charge in [-0.3, -0.25) is 4.90 Å². The summed E-state index contributed by atoms with van der Waals surface area (Å²) in [4.78, 5) is 4.69. The molecule has 6 heteroatoms. The molecule has 0 spiro atoms. The largest absolute Gasteiger partial charge is 0.464 e. The summed E-state index contributed by atoms with van der Waals surface area (Å²) in [5, 5.41) is 4.28. The van der Waals surface area contributed by atoms with Gasteiger partial charge in [0.2, 0.25) is 0 Å². The Morgan fingerprint density at radius 1 is 1.17 bits per heavy atom. The minimum Gasteiger partial charge on any atom is -0.464 e. The molecule has 2 heterocycles. The lowest BCUT2D eigenvalue weighted by atomic mass is 9.96. The van der Waals surface area contributed by atoms with Crippen LogP contribution in [0.4, 0.5) is 5.69 Å². The van der Waals surface area contributed by atoms with Crippen LogP contribution in [0.2, 0.25) is 0 Å². The van der Waals surface area contributed by atoms with Crippen LogP contribution in [0.15, 0.2) is 34.7 Å². The van der Waals surface area contributed by atoms with Gasteiger partial charge in [0.05, 0.1) is 19.8 Å². The number of anilines is 1.